The van der Waals surface area contributed by atoms with E-state index in [1.54, 1.807) is 0 Å². The van der Waals surface area contributed by atoms with E-state index in [1.807, 2.05) is 19.1 Å². The summed E-state index contributed by atoms with van der Waals surface area (Å²) in [6.07, 6.45) is 2.05. The van der Waals surface area contributed by atoms with Crippen LogP contribution >= 0.6 is 15.9 Å². The number of hydrogen-bond acceptors (Lipinski definition) is 2. The molecular formula is C15H16BrNO2. The molecule has 1 aromatic heterocycles. The van der Waals surface area contributed by atoms with Crippen LogP contribution in [0.1, 0.15) is 29.9 Å². The van der Waals surface area contributed by atoms with Gasteiger partial charge in [0.25, 0.3) is 5.56 Å². The number of aryl methyl sites for hydroxylation is 1. The van der Waals surface area contributed by atoms with Gasteiger partial charge in [0.1, 0.15) is 0 Å². The van der Waals surface area contributed by atoms with Crippen molar-refractivity contribution in [3.8, 4) is 0 Å². The van der Waals surface area contributed by atoms with Gasteiger partial charge < -0.3 is 9.72 Å². The lowest BCUT2D eigenvalue weighted by Crippen LogP contribution is -2.23. The van der Waals surface area contributed by atoms with Crippen LogP contribution in [-0.2, 0) is 4.74 Å². The van der Waals surface area contributed by atoms with E-state index in [-0.39, 0.29) is 11.5 Å². The molecule has 1 fully saturated rings. The maximum absolute atomic E-state index is 12.2. The first kappa shape index (κ1) is 12.9. The van der Waals surface area contributed by atoms with E-state index >= 15 is 0 Å². The monoisotopic (exact) mass is 321 g/mol. The Morgan fingerprint density at radius 3 is 2.95 bits per heavy atom. The quantitative estimate of drug-likeness (QED) is 0.873. The first-order valence-corrected chi connectivity index (χ1v) is 7.35. The van der Waals surface area contributed by atoms with Crippen molar-refractivity contribution in [1.29, 1.82) is 0 Å². The number of rotatable bonds is 1. The normalized spacial score (nSPS) is 19.8. The Morgan fingerprint density at radius 1 is 1.37 bits per heavy atom. The van der Waals surface area contributed by atoms with Crippen molar-refractivity contribution in [2.75, 3.05) is 13.2 Å². The number of pyridine rings is 1. The van der Waals surface area contributed by atoms with Crippen molar-refractivity contribution in [3.63, 3.8) is 0 Å². The third-order valence-electron chi connectivity index (χ3n) is 3.68. The van der Waals surface area contributed by atoms with E-state index in [9.17, 15) is 4.79 Å². The fourth-order valence-corrected chi connectivity index (χ4v) is 3.40. The van der Waals surface area contributed by atoms with Crippen LogP contribution in [-0.4, -0.2) is 18.2 Å². The van der Waals surface area contributed by atoms with E-state index in [1.165, 1.54) is 0 Å². The minimum Gasteiger partial charge on any atom is -0.381 e. The van der Waals surface area contributed by atoms with Gasteiger partial charge in [0.05, 0.1) is 6.61 Å². The zero-order valence-corrected chi connectivity index (χ0v) is 12.4. The molecule has 3 nitrogen and oxygen atoms in total. The number of fused-ring (bicyclic) bond motifs is 1. The third kappa shape index (κ3) is 2.47. The zero-order chi connectivity index (χ0) is 13.4. The van der Waals surface area contributed by atoms with Crippen LogP contribution < -0.4 is 5.56 Å². The predicted octanol–water partition coefficient (Wildman–Crippen LogP) is 3.49. The molecule has 1 aliphatic rings. The van der Waals surface area contributed by atoms with E-state index in [4.69, 9.17) is 4.74 Å². The zero-order valence-electron chi connectivity index (χ0n) is 10.8. The van der Waals surface area contributed by atoms with Gasteiger partial charge in [-0.2, -0.15) is 0 Å². The summed E-state index contributed by atoms with van der Waals surface area (Å²) < 4.78 is 6.51. The maximum Gasteiger partial charge on any atom is 0.251 e. The van der Waals surface area contributed by atoms with Gasteiger partial charge in [-0.25, -0.2) is 0 Å². The smallest absolute Gasteiger partial charge is 0.251 e. The van der Waals surface area contributed by atoms with Gasteiger partial charge in [-0.1, -0.05) is 15.9 Å². The fourth-order valence-electron chi connectivity index (χ4n) is 2.71. The molecule has 0 saturated carbocycles. The molecule has 1 atom stereocenters. The third-order valence-corrected chi connectivity index (χ3v) is 4.34. The molecule has 1 unspecified atom stereocenters. The van der Waals surface area contributed by atoms with Crippen LogP contribution in [0.4, 0.5) is 0 Å². The number of halogens is 1. The number of hydrogen-bond donors (Lipinski definition) is 1. The molecule has 1 aliphatic heterocycles. The van der Waals surface area contributed by atoms with Gasteiger partial charge in [-0.15, -0.1) is 0 Å². The van der Waals surface area contributed by atoms with Crippen LogP contribution in [0.2, 0.25) is 0 Å². The Bertz CT molecular complexity index is 672. The highest BCUT2D eigenvalue weighted by Crippen LogP contribution is 2.28. The SMILES string of the molecule is Cc1cc(Br)c2cc(C3CCCOC3)c(=O)[nH]c2c1. The Labute approximate surface area is 120 Å². The standard InChI is InChI=1S/C15H16BrNO2/c1-9-5-13(16)12-7-11(10-3-2-4-19-8-10)15(18)17-14(12)6-9/h5-7,10H,2-4,8H2,1H3,(H,17,18). The molecule has 19 heavy (non-hydrogen) atoms. The molecule has 2 heterocycles. The highest BCUT2D eigenvalue weighted by molar-refractivity contribution is 9.10. The van der Waals surface area contributed by atoms with Gasteiger partial charge in [-0.05, 0) is 43.5 Å². The van der Waals surface area contributed by atoms with Crippen LogP contribution in [0.15, 0.2) is 27.5 Å². The molecule has 0 radical (unpaired) electrons. The van der Waals surface area contributed by atoms with Crippen LogP contribution in [0.5, 0.6) is 0 Å². The number of ether oxygens (including phenoxy) is 1. The Balaban J connectivity index is 2.15. The molecule has 1 aromatic carbocycles. The molecule has 0 bridgehead atoms. The maximum atomic E-state index is 12.2. The highest BCUT2D eigenvalue weighted by atomic mass is 79.9. The van der Waals surface area contributed by atoms with Crippen molar-refractivity contribution in [1.82, 2.24) is 4.98 Å². The summed E-state index contributed by atoms with van der Waals surface area (Å²) in [6.45, 7) is 3.48. The summed E-state index contributed by atoms with van der Waals surface area (Å²) in [5, 5.41) is 1.06. The largest absolute Gasteiger partial charge is 0.381 e. The van der Waals surface area contributed by atoms with Gasteiger partial charge in [-0.3, -0.25) is 4.79 Å². The summed E-state index contributed by atoms with van der Waals surface area (Å²) in [5.41, 5.74) is 2.87. The summed E-state index contributed by atoms with van der Waals surface area (Å²) in [5.74, 6) is 0.218. The highest BCUT2D eigenvalue weighted by Gasteiger charge is 2.19. The first-order chi connectivity index (χ1) is 9.15. The lowest BCUT2D eigenvalue weighted by atomic mass is 9.93. The topological polar surface area (TPSA) is 42.1 Å². The van der Waals surface area contributed by atoms with Gasteiger partial charge >= 0.3 is 0 Å². The van der Waals surface area contributed by atoms with Gasteiger partial charge in [0.2, 0.25) is 0 Å². The molecule has 0 spiro atoms. The lowest BCUT2D eigenvalue weighted by molar-refractivity contribution is 0.0801. The second-order valence-electron chi connectivity index (χ2n) is 5.18. The van der Waals surface area contributed by atoms with Gasteiger partial charge in [0.15, 0.2) is 0 Å². The second kappa shape index (κ2) is 5.10. The molecular weight excluding hydrogens is 306 g/mol. The van der Waals surface area contributed by atoms with E-state index in [2.05, 4.69) is 27.0 Å². The number of benzene rings is 1. The molecule has 0 amide bonds. The Kier molecular flexibility index (Phi) is 3.46. The van der Waals surface area contributed by atoms with Crippen molar-refractivity contribution >= 4 is 26.8 Å². The fraction of sp³-hybridized carbons (Fsp3) is 0.400. The summed E-state index contributed by atoms with van der Waals surface area (Å²) in [6, 6.07) is 6.08. The average molecular weight is 322 g/mol. The average Bonchev–Trinajstić information content (AvgIpc) is 2.38. The van der Waals surface area contributed by atoms with E-state index in [0.29, 0.717) is 6.61 Å². The first-order valence-electron chi connectivity index (χ1n) is 6.56. The van der Waals surface area contributed by atoms with Crippen LogP contribution in [0.25, 0.3) is 10.9 Å². The predicted molar refractivity (Wildman–Crippen MR) is 79.8 cm³/mol. The van der Waals surface area contributed by atoms with Crippen molar-refractivity contribution in [3.05, 3.63) is 44.2 Å². The number of H-pyrrole nitrogens is 1. The summed E-state index contributed by atoms with van der Waals surface area (Å²) in [7, 11) is 0. The molecule has 3 rings (SSSR count). The lowest BCUT2D eigenvalue weighted by Gasteiger charge is -2.22. The second-order valence-corrected chi connectivity index (χ2v) is 6.03. The van der Waals surface area contributed by atoms with E-state index < -0.39 is 0 Å². The molecule has 0 aliphatic carbocycles. The minimum absolute atomic E-state index is 0.0144. The molecule has 2 aromatic rings. The van der Waals surface area contributed by atoms with Crippen LogP contribution in [0.3, 0.4) is 0 Å². The summed E-state index contributed by atoms with van der Waals surface area (Å²) >= 11 is 3.58. The molecule has 100 valence electrons. The number of nitrogens with one attached hydrogen (secondary N) is 1. The van der Waals surface area contributed by atoms with E-state index in [0.717, 1.165) is 46.0 Å². The Morgan fingerprint density at radius 2 is 2.21 bits per heavy atom. The van der Waals surface area contributed by atoms with Crippen molar-refractivity contribution in [2.45, 2.75) is 25.7 Å². The number of aromatic amines is 1. The molecule has 1 N–H and O–H groups in total. The molecule has 1 saturated heterocycles. The van der Waals surface area contributed by atoms with Crippen LogP contribution in [0, 0.1) is 6.92 Å². The summed E-state index contributed by atoms with van der Waals surface area (Å²) in [4.78, 5) is 15.2. The number of aromatic nitrogens is 1. The van der Waals surface area contributed by atoms with Crippen molar-refractivity contribution < 1.29 is 4.74 Å². The minimum atomic E-state index is 0.0144. The Hall–Kier alpha value is -1.13. The van der Waals surface area contributed by atoms with Crippen molar-refractivity contribution in [2.24, 2.45) is 0 Å². The van der Waals surface area contributed by atoms with Gasteiger partial charge in [0, 0.05) is 33.5 Å². The molecule has 4 heteroatoms.